The standard InChI is InChI=1S/C12H22N2OS/c1-10(2)14-11(8-13)5-7-16-9-12-4-3-6-15-12/h10-12,14H,3-7,9H2,1-2H3. The first kappa shape index (κ1) is 13.8. The van der Waals surface area contributed by atoms with Gasteiger partial charge in [0.1, 0.15) is 0 Å². The van der Waals surface area contributed by atoms with E-state index in [-0.39, 0.29) is 6.04 Å². The Morgan fingerprint density at radius 1 is 1.56 bits per heavy atom. The second kappa shape index (κ2) is 7.94. The van der Waals surface area contributed by atoms with Crippen molar-refractivity contribution in [2.75, 3.05) is 18.1 Å². The minimum atomic E-state index is -0.00278. The number of hydrogen-bond acceptors (Lipinski definition) is 4. The molecule has 0 radical (unpaired) electrons. The summed E-state index contributed by atoms with van der Waals surface area (Å²) in [6.07, 6.45) is 3.80. The Kier molecular flexibility index (Phi) is 6.86. The molecule has 0 aliphatic carbocycles. The van der Waals surface area contributed by atoms with Crippen molar-refractivity contribution >= 4 is 11.8 Å². The van der Waals surface area contributed by atoms with Gasteiger partial charge in [0, 0.05) is 18.4 Å². The van der Waals surface area contributed by atoms with Crippen molar-refractivity contribution in [3.63, 3.8) is 0 Å². The van der Waals surface area contributed by atoms with Crippen LogP contribution in [0.4, 0.5) is 0 Å². The third-order valence-electron chi connectivity index (χ3n) is 2.57. The Bertz CT molecular complexity index is 222. The Hall–Kier alpha value is -0.240. The molecule has 1 aliphatic heterocycles. The van der Waals surface area contributed by atoms with Gasteiger partial charge in [-0.2, -0.15) is 17.0 Å². The van der Waals surface area contributed by atoms with Gasteiger partial charge in [0.25, 0.3) is 0 Å². The first-order valence-corrected chi connectivity index (χ1v) is 7.23. The maximum Gasteiger partial charge on any atom is 0.0962 e. The lowest BCUT2D eigenvalue weighted by Gasteiger charge is -2.14. The fraction of sp³-hybridized carbons (Fsp3) is 0.917. The normalized spacial score (nSPS) is 22.2. The molecule has 1 aliphatic rings. The SMILES string of the molecule is CC(C)NC(C#N)CCSCC1CCCO1. The van der Waals surface area contributed by atoms with E-state index < -0.39 is 0 Å². The van der Waals surface area contributed by atoms with Gasteiger partial charge in [0.2, 0.25) is 0 Å². The van der Waals surface area contributed by atoms with Crippen LogP contribution in [0.1, 0.15) is 33.1 Å². The number of nitrogens with zero attached hydrogens (tertiary/aromatic N) is 1. The number of ether oxygens (including phenoxy) is 1. The fourth-order valence-corrected chi connectivity index (χ4v) is 2.87. The van der Waals surface area contributed by atoms with Crippen molar-refractivity contribution < 1.29 is 4.74 Å². The maximum atomic E-state index is 8.94. The molecule has 0 saturated carbocycles. The molecule has 3 nitrogen and oxygen atoms in total. The van der Waals surface area contributed by atoms with Gasteiger partial charge in [0.15, 0.2) is 0 Å². The average molecular weight is 242 g/mol. The van der Waals surface area contributed by atoms with Crippen LogP contribution >= 0.6 is 11.8 Å². The molecule has 1 heterocycles. The van der Waals surface area contributed by atoms with Crippen molar-refractivity contribution in [3.8, 4) is 6.07 Å². The minimum absolute atomic E-state index is 0.00278. The van der Waals surface area contributed by atoms with Gasteiger partial charge in [-0.3, -0.25) is 5.32 Å². The summed E-state index contributed by atoms with van der Waals surface area (Å²) in [6, 6.07) is 2.69. The lowest BCUT2D eigenvalue weighted by atomic mass is 10.2. The van der Waals surface area contributed by atoms with Crippen molar-refractivity contribution in [3.05, 3.63) is 0 Å². The average Bonchev–Trinajstić information content (AvgIpc) is 2.74. The molecule has 2 atom stereocenters. The molecule has 16 heavy (non-hydrogen) atoms. The van der Waals surface area contributed by atoms with Crippen LogP contribution in [0.2, 0.25) is 0 Å². The summed E-state index contributed by atoms with van der Waals surface area (Å²) in [5.74, 6) is 2.12. The highest BCUT2D eigenvalue weighted by atomic mass is 32.2. The zero-order chi connectivity index (χ0) is 11.8. The van der Waals surface area contributed by atoms with Crippen LogP contribution in [0.5, 0.6) is 0 Å². The first-order valence-electron chi connectivity index (χ1n) is 6.07. The van der Waals surface area contributed by atoms with Crippen molar-refractivity contribution in [2.45, 2.75) is 51.3 Å². The summed E-state index contributed by atoms with van der Waals surface area (Å²) in [5, 5.41) is 12.2. The predicted octanol–water partition coefficient (Wildman–Crippen LogP) is 2.18. The topological polar surface area (TPSA) is 45.0 Å². The zero-order valence-corrected chi connectivity index (χ0v) is 11.1. The van der Waals surface area contributed by atoms with Crippen LogP contribution in [0.15, 0.2) is 0 Å². The van der Waals surface area contributed by atoms with Gasteiger partial charge in [-0.15, -0.1) is 0 Å². The van der Waals surface area contributed by atoms with Gasteiger partial charge in [-0.25, -0.2) is 0 Å². The Balaban J connectivity index is 2.02. The van der Waals surface area contributed by atoms with Crippen molar-refractivity contribution in [1.82, 2.24) is 5.32 Å². The quantitative estimate of drug-likeness (QED) is 0.695. The molecule has 1 N–H and O–H groups in total. The second-order valence-corrected chi connectivity index (χ2v) is 5.65. The third-order valence-corrected chi connectivity index (χ3v) is 3.70. The molecule has 1 fully saturated rings. The van der Waals surface area contributed by atoms with Crippen LogP contribution in [0.25, 0.3) is 0 Å². The van der Waals surface area contributed by atoms with Crippen molar-refractivity contribution in [1.29, 1.82) is 5.26 Å². The Labute approximate surface area is 103 Å². The van der Waals surface area contributed by atoms with E-state index in [4.69, 9.17) is 10.00 Å². The van der Waals surface area contributed by atoms with Crippen LogP contribution in [-0.2, 0) is 4.74 Å². The summed E-state index contributed by atoms with van der Waals surface area (Å²) in [6.45, 7) is 5.08. The molecule has 0 bridgehead atoms. The maximum absolute atomic E-state index is 8.94. The lowest BCUT2D eigenvalue weighted by molar-refractivity contribution is 0.129. The van der Waals surface area contributed by atoms with E-state index in [0.717, 1.165) is 24.5 Å². The van der Waals surface area contributed by atoms with E-state index in [1.807, 2.05) is 11.8 Å². The number of nitriles is 1. The molecule has 2 unspecified atom stereocenters. The molecule has 1 saturated heterocycles. The molecular formula is C12H22N2OS. The summed E-state index contributed by atoms with van der Waals surface area (Å²) < 4.78 is 5.55. The number of rotatable bonds is 7. The summed E-state index contributed by atoms with van der Waals surface area (Å²) in [4.78, 5) is 0. The van der Waals surface area contributed by atoms with E-state index in [1.54, 1.807) is 0 Å². The van der Waals surface area contributed by atoms with E-state index in [0.29, 0.717) is 12.1 Å². The van der Waals surface area contributed by atoms with E-state index >= 15 is 0 Å². The van der Waals surface area contributed by atoms with Crippen LogP contribution in [0, 0.1) is 11.3 Å². The van der Waals surface area contributed by atoms with Gasteiger partial charge in [0.05, 0.1) is 18.2 Å². The molecule has 0 aromatic carbocycles. The van der Waals surface area contributed by atoms with Crippen LogP contribution < -0.4 is 5.32 Å². The smallest absolute Gasteiger partial charge is 0.0962 e. The highest BCUT2D eigenvalue weighted by molar-refractivity contribution is 7.99. The Morgan fingerprint density at radius 2 is 2.38 bits per heavy atom. The van der Waals surface area contributed by atoms with Crippen LogP contribution in [0.3, 0.4) is 0 Å². The van der Waals surface area contributed by atoms with Crippen molar-refractivity contribution in [2.24, 2.45) is 0 Å². The van der Waals surface area contributed by atoms with Crippen LogP contribution in [-0.4, -0.2) is 36.3 Å². The molecule has 4 heteroatoms. The lowest BCUT2D eigenvalue weighted by Crippen LogP contribution is -2.34. The van der Waals surface area contributed by atoms with E-state index in [1.165, 1.54) is 12.8 Å². The number of nitrogens with one attached hydrogen (secondary N) is 1. The fourth-order valence-electron chi connectivity index (χ4n) is 1.78. The summed E-state index contributed by atoms with van der Waals surface area (Å²) in [5.41, 5.74) is 0. The van der Waals surface area contributed by atoms with Gasteiger partial charge < -0.3 is 4.74 Å². The van der Waals surface area contributed by atoms with E-state index in [2.05, 4.69) is 25.2 Å². The molecule has 0 aromatic heterocycles. The van der Waals surface area contributed by atoms with Gasteiger partial charge >= 0.3 is 0 Å². The highest BCUT2D eigenvalue weighted by Crippen LogP contribution is 2.17. The largest absolute Gasteiger partial charge is 0.377 e. The predicted molar refractivity (Wildman–Crippen MR) is 68.6 cm³/mol. The summed E-state index contributed by atoms with van der Waals surface area (Å²) in [7, 11) is 0. The highest BCUT2D eigenvalue weighted by Gasteiger charge is 2.15. The second-order valence-electron chi connectivity index (χ2n) is 4.50. The monoisotopic (exact) mass is 242 g/mol. The molecule has 0 amide bonds. The molecule has 0 aromatic rings. The molecule has 92 valence electrons. The first-order chi connectivity index (χ1) is 7.72. The zero-order valence-electron chi connectivity index (χ0n) is 10.2. The number of hydrogen-bond donors (Lipinski definition) is 1. The number of thioether (sulfide) groups is 1. The molecule has 0 spiro atoms. The third kappa shape index (κ3) is 5.74. The van der Waals surface area contributed by atoms with E-state index in [9.17, 15) is 0 Å². The molecular weight excluding hydrogens is 220 g/mol. The summed E-state index contributed by atoms with van der Waals surface area (Å²) >= 11 is 1.91. The Morgan fingerprint density at radius 3 is 2.94 bits per heavy atom. The van der Waals surface area contributed by atoms with Gasteiger partial charge in [-0.05, 0) is 38.9 Å². The minimum Gasteiger partial charge on any atom is -0.377 e. The molecule has 1 rings (SSSR count). The van der Waals surface area contributed by atoms with Gasteiger partial charge in [-0.1, -0.05) is 0 Å².